The van der Waals surface area contributed by atoms with E-state index in [4.69, 9.17) is 0 Å². The molecule has 0 spiro atoms. The van der Waals surface area contributed by atoms with Gasteiger partial charge in [0, 0.05) is 47.7 Å². The van der Waals surface area contributed by atoms with Crippen molar-refractivity contribution in [3.05, 3.63) is 35.5 Å². The highest BCUT2D eigenvalue weighted by Crippen LogP contribution is 2.27. The standard InChI is InChI=1S/C15H19N3O/c1-10(2)16-15(19)18-8-7-14-12(9-18)11-5-3-4-6-13(11)17-14/h3-6,10,17H,7-9H2,1-2H3,(H,16,19). The number of aromatic nitrogens is 1. The fraction of sp³-hybridized carbons (Fsp3) is 0.400. The van der Waals surface area contributed by atoms with Gasteiger partial charge in [0.1, 0.15) is 0 Å². The summed E-state index contributed by atoms with van der Waals surface area (Å²) in [6.07, 6.45) is 0.898. The predicted octanol–water partition coefficient (Wildman–Crippen LogP) is 2.64. The van der Waals surface area contributed by atoms with Crippen LogP contribution in [0.4, 0.5) is 4.79 Å². The van der Waals surface area contributed by atoms with Crippen molar-refractivity contribution in [3.63, 3.8) is 0 Å². The molecule has 4 nitrogen and oxygen atoms in total. The molecule has 0 unspecified atom stereocenters. The summed E-state index contributed by atoms with van der Waals surface area (Å²) in [5, 5.41) is 4.20. The zero-order valence-electron chi connectivity index (χ0n) is 11.4. The van der Waals surface area contributed by atoms with E-state index in [1.165, 1.54) is 22.2 Å². The van der Waals surface area contributed by atoms with Crippen molar-refractivity contribution in [3.8, 4) is 0 Å². The Morgan fingerprint density at radius 2 is 2.16 bits per heavy atom. The van der Waals surface area contributed by atoms with Gasteiger partial charge in [-0.2, -0.15) is 0 Å². The first kappa shape index (κ1) is 12.1. The molecule has 1 aromatic carbocycles. The number of para-hydroxylation sites is 1. The predicted molar refractivity (Wildman–Crippen MR) is 76.1 cm³/mol. The molecule has 1 aliphatic heterocycles. The number of hydrogen-bond donors (Lipinski definition) is 2. The Labute approximate surface area is 112 Å². The first-order chi connectivity index (χ1) is 9.15. The van der Waals surface area contributed by atoms with Gasteiger partial charge < -0.3 is 15.2 Å². The van der Waals surface area contributed by atoms with Crippen LogP contribution in [0.1, 0.15) is 25.1 Å². The second-order valence-electron chi connectivity index (χ2n) is 5.40. The molecular weight excluding hydrogens is 238 g/mol. The van der Waals surface area contributed by atoms with Crippen LogP contribution >= 0.6 is 0 Å². The fourth-order valence-corrected chi connectivity index (χ4v) is 2.68. The molecule has 4 heteroatoms. The number of nitrogens with zero attached hydrogens (tertiary/aromatic N) is 1. The molecule has 0 atom stereocenters. The lowest BCUT2D eigenvalue weighted by molar-refractivity contribution is 0.190. The molecule has 2 aromatic rings. The molecule has 0 aliphatic carbocycles. The summed E-state index contributed by atoms with van der Waals surface area (Å²) in [4.78, 5) is 17.4. The van der Waals surface area contributed by atoms with Gasteiger partial charge in [-0.25, -0.2) is 4.79 Å². The van der Waals surface area contributed by atoms with Crippen molar-refractivity contribution in [2.75, 3.05) is 6.54 Å². The van der Waals surface area contributed by atoms with E-state index in [0.717, 1.165) is 13.0 Å². The van der Waals surface area contributed by atoms with E-state index >= 15 is 0 Å². The van der Waals surface area contributed by atoms with Gasteiger partial charge in [-0.1, -0.05) is 18.2 Å². The maximum atomic E-state index is 12.1. The summed E-state index contributed by atoms with van der Waals surface area (Å²) < 4.78 is 0. The molecular formula is C15H19N3O. The zero-order chi connectivity index (χ0) is 13.4. The highest BCUT2D eigenvalue weighted by molar-refractivity contribution is 5.85. The number of rotatable bonds is 1. The Morgan fingerprint density at radius 1 is 1.37 bits per heavy atom. The SMILES string of the molecule is CC(C)NC(=O)N1CCc2[nH]c3ccccc3c2C1. The molecule has 2 heterocycles. The summed E-state index contributed by atoms with van der Waals surface area (Å²) in [5.74, 6) is 0. The van der Waals surface area contributed by atoms with Crippen molar-refractivity contribution in [2.45, 2.75) is 32.9 Å². The Hall–Kier alpha value is -1.97. The summed E-state index contributed by atoms with van der Waals surface area (Å²) in [6, 6.07) is 8.50. The third-order valence-electron chi connectivity index (χ3n) is 3.58. The number of hydrogen-bond acceptors (Lipinski definition) is 1. The van der Waals surface area contributed by atoms with Crippen LogP contribution in [0.15, 0.2) is 24.3 Å². The van der Waals surface area contributed by atoms with Gasteiger partial charge in [0.05, 0.1) is 0 Å². The lowest BCUT2D eigenvalue weighted by Gasteiger charge is -2.28. The molecule has 2 amide bonds. The lowest BCUT2D eigenvalue weighted by atomic mass is 10.0. The Morgan fingerprint density at radius 3 is 2.95 bits per heavy atom. The molecule has 3 rings (SSSR count). The number of urea groups is 1. The maximum absolute atomic E-state index is 12.1. The van der Waals surface area contributed by atoms with Crippen LogP contribution in [0.3, 0.4) is 0 Å². The van der Waals surface area contributed by atoms with E-state index in [9.17, 15) is 4.79 Å². The van der Waals surface area contributed by atoms with Gasteiger partial charge in [-0.15, -0.1) is 0 Å². The fourth-order valence-electron chi connectivity index (χ4n) is 2.68. The average Bonchev–Trinajstić information content (AvgIpc) is 2.75. The first-order valence-electron chi connectivity index (χ1n) is 6.79. The van der Waals surface area contributed by atoms with Gasteiger partial charge >= 0.3 is 6.03 Å². The van der Waals surface area contributed by atoms with Crippen molar-refractivity contribution >= 4 is 16.9 Å². The number of amides is 2. The average molecular weight is 257 g/mol. The monoisotopic (exact) mass is 257 g/mol. The molecule has 0 saturated carbocycles. The van der Waals surface area contributed by atoms with Crippen LogP contribution in [-0.4, -0.2) is 28.5 Å². The summed E-state index contributed by atoms with van der Waals surface area (Å²) in [7, 11) is 0. The molecule has 100 valence electrons. The Kier molecular flexibility index (Phi) is 2.93. The number of aromatic amines is 1. The summed E-state index contributed by atoms with van der Waals surface area (Å²) in [5.41, 5.74) is 3.70. The molecule has 0 fully saturated rings. The number of fused-ring (bicyclic) bond motifs is 3. The molecule has 1 aromatic heterocycles. The van der Waals surface area contributed by atoms with Gasteiger partial charge in [-0.05, 0) is 19.9 Å². The van der Waals surface area contributed by atoms with Gasteiger partial charge in [0.25, 0.3) is 0 Å². The van der Waals surface area contributed by atoms with Crippen LogP contribution in [0.2, 0.25) is 0 Å². The number of carbonyl (C=O) groups is 1. The molecule has 1 aliphatic rings. The van der Waals surface area contributed by atoms with Crippen LogP contribution in [-0.2, 0) is 13.0 Å². The topological polar surface area (TPSA) is 48.1 Å². The maximum Gasteiger partial charge on any atom is 0.317 e. The lowest BCUT2D eigenvalue weighted by Crippen LogP contribution is -2.45. The second-order valence-corrected chi connectivity index (χ2v) is 5.40. The van der Waals surface area contributed by atoms with Crippen molar-refractivity contribution in [1.82, 2.24) is 15.2 Å². The minimum absolute atomic E-state index is 0.0333. The van der Waals surface area contributed by atoms with E-state index in [2.05, 4.69) is 22.4 Å². The molecule has 0 bridgehead atoms. The van der Waals surface area contributed by atoms with Crippen molar-refractivity contribution in [1.29, 1.82) is 0 Å². The normalized spacial score (nSPS) is 14.8. The van der Waals surface area contributed by atoms with Crippen molar-refractivity contribution in [2.24, 2.45) is 0 Å². The van der Waals surface area contributed by atoms with Gasteiger partial charge in [0.2, 0.25) is 0 Å². The first-order valence-corrected chi connectivity index (χ1v) is 6.79. The van der Waals surface area contributed by atoms with E-state index in [1.54, 1.807) is 0 Å². The largest absolute Gasteiger partial charge is 0.358 e. The molecule has 0 saturated heterocycles. The number of nitrogens with one attached hydrogen (secondary N) is 2. The van der Waals surface area contributed by atoms with Gasteiger partial charge in [-0.3, -0.25) is 0 Å². The number of carbonyl (C=O) groups excluding carboxylic acids is 1. The second kappa shape index (κ2) is 4.61. The third-order valence-corrected chi connectivity index (χ3v) is 3.58. The van der Waals surface area contributed by atoms with Crippen LogP contribution in [0, 0.1) is 0 Å². The van der Waals surface area contributed by atoms with E-state index < -0.39 is 0 Å². The highest BCUT2D eigenvalue weighted by atomic mass is 16.2. The smallest absolute Gasteiger partial charge is 0.317 e. The highest BCUT2D eigenvalue weighted by Gasteiger charge is 2.23. The quantitative estimate of drug-likeness (QED) is 0.810. The minimum Gasteiger partial charge on any atom is -0.358 e. The Bertz CT molecular complexity index is 615. The van der Waals surface area contributed by atoms with Gasteiger partial charge in [0.15, 0.2) is 0 Å². The number of H-pyrrole nitrogens is 1. The van der Waals surface area contributed by atoms with E-state index in [-0.39, 0.29) is 12.1 Å². The molecule has 2 N–H and O–H groups in total. The Balaban J connectivity index is 1.88. The van der Waals surface area contributed by atoms with Crippen LogP contribution in [0.5, 0.6) is 0 Å². The summed E-state index contributed by atoms with van der Waals surface area (Å²) >= 11 is 0. The third kappa shape index (κ3) is 2.18. The van der Waals surface area contributed by atoms with Crippen LogP contribution < -0.4 is 5.32 Å². The van der Waals surface area contributed by atoms with E-state index in [1.807, 2.05) is 30.9 Å². The van der Waals surface area contributed by atoms with Crippen LogP contribution in [0.25, 0.3) is 10.9 Å². The minimum atomic E-state index is 0.0333. The van der Waals surface area contributed by atoms with Crippen molar-refractivity contribution < 1.29 is 4.79 Å². The van der Waals surface area contributed by atoms with E-state index in [0.29, 0.717) is 6.54 Å². The summed E-state index contributed by atoms with van der Waals surface area (Å²) in [6.45, 7) is 5.44. The molecule has 0 radical (unpaired) electrons. The number of benzene rings is 1. The zero-order valence-corrected chi connectivity index (χ0v) is 11.4. The molecule has 19 heavy (non-hydrogen) atoms.